The van der Waals surface area contributed by atoms with Gasteiger partial charge in [0.25, 0.3) is 0 Å². The molecule has 2 heteroatoms. The molecule has 0 amide bonds. The number of hydrogen-bond acceptors (Lipinski definition) is 2. The normalized spacial score (nSPS) is 19.9. The first-order valence-electron chi connectivity index (χ1n) is 5.36. The van der Waals surface area contributed by atoms with Crippen LogP contribution in [0.15, 0.2) is 42.0 Å². The molecule has 0 aliphatic heterocycles. The summed E-state index contributed by atoms with van der Waals surface area (Å²) in [6.45, 7) is 2.06. The Kier molecular flexibility index (Phi) is 2.91. The molecule has 1 aromatic rings. The number of para-hydroxylation sites is 1. The van der Waals surface area contributed by atoms with Crippen molar-refractivity contribution in [3.63, 3.8) is 0 Å². The van der Waals surface area contributed by atoms with Gasteiger partial charge in [0.1, 0.15) is 12.0 Å². The summed E-state index contributed by atoms with van der Waals surface area (Å²) in [7, 11) is 0. The first-order valence-corrected chi connectivity index (χ1v) is 5.36. The molecule has 0 radical (unpaired) electrons. The zero-order chi connectivity index (χ0) is 11.5. The molecule has 1 aliphatic rings. The molecule has 0 fully saturated rings. The van der Waals surface area contributed by atoms with E-state index in [4.69, 9.17) is 0 Å². The average Bonchev–Trinajstić information content (AvgIpc) is 2.30. The lowest BCUT2D eigenvalue weighted by atomic mass is 9.85. The van der Waals surface area contributed by atoms with Gasteiger partial charge in [-0.25, -0.2) is 0 Å². The van der Waals surface area contributed by atoms with Gasteiger partial charge in [-0.15, -0.1) is 0 Å². The van der Waals surface area contributed by atoms with Gasteiger partial charge in [0.05, 0.1) is 0 Å². The van der Waals surface area contributed by atoms with Crippen molar-refractivity contribution in [2.75, 3.05) is 0 Å². The second kappa shape index (κ2) is 4.35. The topological polar surface area (TPSA) is 37.3 Å². The maximum absolute atomic E-state index is 10.7. The minimum absolute atomic E-state index is 0.262. The molecule has 1 atom stereocenters. The molecular weight excluding hydrogens is 200 g/mol. The Balaban J connectivity index is 2.42. The van der Waals surface area contributed by atoms with Crippen molar-refractivity contribution in [2.24, 2.45) is 5.92 Å². The predicted molar refractivity (Wildman–Crippen MR) is 64.0 cm³/mol. The number of rotatable bonds is 2. The maximum atomic E-state index is 10.7. The van der Waals surface area contributed by atoms with Crippen LogP contribution in [0.2, 0.25) is 0 Å². The monoisotopic (exact) mass is 214 g/mol. The second-order valence-corrected chi connectivity index (χ2v) is 4.10. The second-order valence-electron chi connectivity index (χ2n) is 4.10. The van der Waals surface area contributed by atoms with Gasteiger partial charge in [0, 0.05) is 5.56 Å². The van der Waals surface area contributed by atoms with Crippen molar-refractivity contribution < 1.29 is 9.90 Å². The predicted octanol–water partition coefficient (Wildman–Crippen LogP) is 2.94. The van der Waals surface area contributed by atoms with Gasteiger partial charge in [-0.2, -0.15) is 0 Å². The molecule has 16 heavy (non-hydrogen) atoms. The van der Waals surface area contributed by atoms with Crippen LogP contribution in [0.1, 0.15) is 18.9 Å². The highest BCUT2D eigenvalue weighted by Crippen LogP contribution is 2.35. The molecule has 0 bridgehead atoms. The summed E-state index contributed by atoms with van der Waals surface area (Å²) in [5, 5.41) is 9.77. The minimum Gasteiger partial charge on any atom is -0.507 e. The van der Waals surface area contributed by atoms with Crippen LogP contribution >= 0.6 is 0 Å². The van der Waals surface area contributed by atoms with E-state index < -0.39 is 0 Å². The smallest absolute Gasteiger partial charge is 0.146 e. The van der Waals surface area contributed by atoms with Crippen LogP contribution in [0.3, 0.4) is 0 Å². The average molecular weight is 214 g/mol. The molecule has 1 aromatic carbocycles. The lowest BCUT2D eigenvalue weighted by molar-refractivity contribution is -0.105. The van der Waals surface area contributed by atoms with E-state index in [2.05, 4.69) is 6.92 Å². The van der Waals surface area contributed by atoms with Crippen LogP contribution in [0.5, 0.6) is 5.75 Å². The van der Waals surface area contributed by atoms with Gasteiger partial charge in [-0.1, -0.05) is 37.3 Å². The summed E-state index contributed by atoms with van der Waals surface area (Å²) in [6, 6.07) is 7.29. The summed E-state index contributed by atoms with van der Waals surface area (Å²) in [6.07, 6.45) is 5.39. The molecule has 82 valence electrons. The number of hydrogen-bond donors (Lipinski definition) is 1. The maximum Gasteiger partial charge on any atom is 0.146 e. The van der Waals surface area contributed by atoms with E-state index in [0.717, 1.165) is 29.4 Å². The van der Waals surface area contributed by atoms with Crippen LogP contribution in [-0.4, -0.2) is 11.4 Å². The molecule has 0 spiro atoms. The highest BCUT2D eigenvalue weighted by molar-refractivity contribution is 5.81. The fourth-order valence-corrected chi connectivity index (χ4v) is 2.05. The number of phenolic OH excluding ortho intramolecular Hbond substituents is 1. The van der Waals surface area contributed by atoms with Gasteiger partial charge >= 0.3 is 0 Å². The minimum atomic E-state index is 0.262. The quantitative estimate of drug-likeness (QED) is 0.768. The summed E-state index contributed by atoms with van der Waals surface area (Å²) in [5.41, 5.74) is 2.76. The van der Waals surface area contributed by atoms with Crippen LogP contribution in [-0.2, 0) is 4.79 Å². The Bertz CT molecular complexity index is 469. The number of allylic oxidation sites excluding steroid dienone is 4. The summed E-state index contributed by atoms with van der Waals surface area (Å²) in [5.74, 6) is 0.557. The SMILES string of the molecule is CC1CC(C=O)=CC=C1c1ccccc1O. The molecule has 1 N–H and O–H groups in total. The van der Waals surface area contributed by atoms with Crippen LogP contribution in [0.25, 0.3) is 5.57 Å². The molecular formula is C14H14O2. The molecule has 0 heterocycles. The molecule has 0 aromatic heterocycles. The number of benzene rings is 1. The fraction of sp³-hybridized carbons (Fsp3) is 0.214. The first-order chi connectivity index (χ1) is 7.72. The lowest BCUT2D eigenvalue weighted by Gasteiger charge is -2.20. The number of phenols is 1. The third kappa shape index (κ3) is 1.91. The number of aromatic hydroxyl groups is 1. The van der Waals surface area contributed by atoms with Crippen molar-refractivity contribution in [2.45, 2.75) is 13.3 Å². The van der Waals surface area contributed by atoms with Crippen molar-refractivity contribution in [1.29, 1.82) is 0 Å². The van der Waals surface area contributed by atoms with Crippen molar-refractivity contribution in [3.05, 3.63) is 47.6 Å². The van der Waals surface area contributed by atoms with E-state index in [9.17, 15) is 9.90 Å². The number of carbonyl (C=O) groups is 1. The summed E-state index contributed by atoms with van der Waals surface area (Å²) >= 11 is 0. The van der Waals surface area contributed by atoms with Gasteiger partial charge in [0.15, 0.2) is 0 Å². The third-order valence-electron chi connectivity index (χ3n) is 2.92. The first kappa shape index (κ1) is 10.7. The zero-order valence-electron chi connectivity index (χ0n) is 9.18. The third-order valence-corrected chi connectivity index (χ3v) is 2.92. The Hall–Kier alpha value is -1.83. The molecule has 0 saturated heterocycles. The summed E-state index contributed by atoms with van der Waals surface area (Å²) in [4.78, 5) is 10.7. The molecule has 0 saturated carbocycles. The number of carbonyl (C=O) groups excluding carboxylic acids is 1. The van der Waals surface area contributed by atoms with Gasteiger partial charge in [-0.05, 0) is 29.6 Å². The fourth-order valence-electron chi connectivity index (χ4n) is 2.05. The standard InChI is InChI=1S/C14H14O2/c1-10-8-11(9-15)6-7-12(10)13-4-2-3-5-14(13)16/h2-7,9-10,16H,8H2,1H3. The van der Waals surface area contributed by atoms with Crippen molar-refractivity contribution in [3.8, 4) is 5.75 Å². The molecule has 2 rings (SSSR count). The van der Waals surface area contributed by atoms with Gasteiger partial charge in [-0.3, -0.25) is 4.79 Å². The Morgan fingerprint density at radius 1 is 1.31 bits per heavy atom. The number of aldehydes is 1. The Morgan fingerprint density at radius 2 is 2.06 bits per heavy atom. The van der Waals surface area contributed by atoms with Crippen LogP contribution in [0, 0.1) is 5.92 Å². The summed E-state index contributed by atoms with van der Waals surface area (Å²) < 4.78 is 0. The van der Waals surface area contributed by atoms with Crippen LogP contribution in [0.4, 0.5) is 0 Å². The Labute approximate surface area is 94.9 Å². The van der Waals surface area contributed by atoms with Crippen LogP contribution < -0.4 is 0 Å². The van der Waals surface area contributed by atoms with Gasteiger partial charge in [0.2, 0.25) is 0 Å². The van der Waals surface area contributed by atoms with E-state index in [1.54, 1.807) is 12.1 Å². The van der Waals surface area contributed by atoms with E-state index in [-0.39, 0.29) is 5.92 Å². The van der Waals surface area contributed by atoms with E-state index >= 15 is 0 Å². The molecule has 1 unspecified atom stereocenters. The largest absolute Gasteiger partial charge is 0.507 e. The van der Waals surface area contributed by atoms with E-state index in [1.807, 2.05) is 24.3 Å². The molecule has 2 nitrogen and oxygen atoms in total. The van der Waals surface area contributed by atoms with E-state index in [0.29, 0.717) is 5.75 Å². The van der Waals surface area contributed by atoms with Crippen molar-refractivity contribution >= 4 is 11.9 Å². The van der Waals surface area contributed by atoms with Crippen molar-refractivity contribution in [1.82, 2.24) is 0 Å². The van der Waals surface area contributed by atoms with E-state index in [1.165, 1.54) is 0 Å². The molecule has 1 aliphatic carbocycles. The zero-order valence-corrected chi connectivity index (χ0v) is 9.18. The highest BCUT2D eigenvalue weighted by atomic mass is 16.3. The highest BCUT2D eigenvalue weighted by Gasteiger charge is 2.17. The Morgan fingerprint density at radius 3 is 2.69 bits per heavy atom. The lowest BCUT2D eigenvalue weighted by Crippen LogP contribution is -2.05. The van der Waals surface area contributed by atoms with Gasteiger partial charge < -0.3 is 5.11 Å².